The van der Waals surface area contributed by atoms with Crippen LogP contribution in [0.4, 0.5) is 5.95 Å². The lowest BCUT2D eigenvalue weighted by Gasteiger charge is -2.36. The first kappa shape index (κ1) is 18.0. The molecule has 10 heteroatoms. The van der Waals surface area contributed by atoms with Crippen molar-refractivity contribution in [1.82, 2.24) is 23.7 Å². The average Bonchev–Trinajstić information content (AvgIpc) is 3.21. The van der Waals surface area contributed by atoms with Gasteiger partial charge in [0.1, 0.15) is 0 Å². The first-order valence-electron chi connectivity index (χ1n) is 9.20. The number of aromatic amines is 1. The molecule has 2 N–H and O–H groups in total. The second kappa shape index (κ2) is 6.23. The molecular formula is C19H19ClN6O3. The summed E-state index contributed by atoms with van der Waals surface area (Å²) >= 11 is 6.04. The zero-order valence-corrected chi connectivity index (χ0v) is 16.6. The lowest BCUT2D eigenvalue weighted by molar-refractivity contribution is 0.140. The minimum atomic E-state index is -0.438. The average molecular weight is 415 g/mol. The summed E-state index contributed by atoms with van der Waals surface area (Å²) in [4.78, 5) is 35.7. The molecule has 29 heavy (non-hydrogen) atoms. The molecule has 4 aromatic rings. The highest BCUT2D eigenvalue weighted by Gasteiger charge is 2.30. The van der Waals surface area contributed by atoms with Crippen LogP contribution in [0.3, 0.4) is 0 Å². The predicted molar refractivity (Wildman–Crippen MR) is 111 cm³/mol. The zero-order chi connectivity index (χ0) is 20.4. The van der Waals surface area contributed by atoms with E-state index < -0.39 is 17.4 Å². The maximum atomic E-state index is 13.2. The van der Waals surface area contributed by atoms with Crippen LogP contribution in [-0.2, 0) is 20.6 Å². The summed E-state index contributed by atoms with van der Waals surface area (Å²) in [5.74, 6) is 0.565. The van der Waals surface area contributed by atoms with Crippen LogP contribution in [0, 0.1) is 0 Å². The van der Waals surface area contributed by atoms with Gasteiger partial charge in [0.05, 0.1) is 12.6 Å². The number of aliphatic hydroxyl groups excluding tert-OH is 1. The van der Waals surface area contributed by atoms with Gasteiger partial charge in [-0.05, 0) is 24.3 Å². The smallest absolute Gasteiger partial charge is 0.332 e. The lowest BCUT2D eigenvalue weighted by atomic mass is 10.2. The molecule has 0 aliphatic carbocycles. The number of aryl methyl sites for hydroxylation is 2. The van der Waals surface area contributed by atoms with Crippen LogP contribution >= 0.6 is 11.6 Å². The molecule has 0 atom stereocenters. The molecule has 1 saturated heterocycles. The Labute approximate surface area is 169 Å². The molecule has 0 amide bonds. The molecule has 3 aromatic heterocycles. The van der Waals surface area contributed by atoms with Crippen molar-refractivity contribution in [2.24, 2.45) is 14.1 Å². The summed E-state index contributed by atoms with van der Waals surface area (Å²) < 4.78 is 4.27. The number of aliphatic hydroxyl groups is 1. The third-order valence-corrected chi connectivity index (χ3v) is 5.68. The maximum Gasteiger partial charge on any atom is 0.332 e. The zero-order valence-electron chi connectivity index (χ0n) is 15.9. The van der Waals surface area contributed by atoms with Gasteiger partial charge in [-0.3, -0.25) is 13.9 Å². The highest BCUT2D eigenvalue weighted by molar-refractivity contribution is 6.31. The summed E-state index contributed by atoms with van der Waals surface area (Å²) in [6, 6.07) is 7.36. The minimum Gasteiger partial charge on any atom is -0.389 e. The molecule has 1 fully saturated rings. The van der Waals surface area contributed by atoms with Gasteiger partial charge in [-0.1, -0.05) is 11.6 Å². The predicted octanol–water partition coefficient (Wildman–Crippen LogP) is 0.798. The Morgan fingerprint density at radius 1 is 1.21 bits per heavy atom. The van der Waals surface area contributed by atoms with Crippen molar-refractivity contribution in [2.75, 3.05) is 18.0 Å². The van der Waals surface area contributed by atoms with E-state index >= 15 is 0 Å². The number of aromatic nitrogens is 5. The van der Waals surface area contributed by atoms with Gasteiger partial charge in [0.2, 0.25) is 5.95 Å². The SMILES string of the molecule is Cn1c(N2CC(O)C2)nc2c1c(=O)n(Cc1cc3cc(Cl)ccc3[nH]1)c(=O)n2C. The van der Waals surface area contributed by atoms with Crippen LogP contribution in [-0.4, -0.2) is 48.0 Å². The Balaban J connectivity index is 1.64. The van der Waals surface area contributed by atoms with E-state index in [1.54, 1.807) is 24.7 Å². The Bertz CT molecular complexity index is 1390. The van der Waals surface area contributed by atoms with Crippen LogP contribution < -0.4 is 16.1 Å². The molecule has 9 nitrogen and oxygen atoms in total. The summed E-state index contributed by atoms with van der Waals surface area (Å²) in [6.07, 6.45) is -0.397. The molecule has 1 aliphatic rings. The maximum absolute atomic E-state index is 13.2. The quantitative estimate of drug-likeness (QED) is 0.516. The van der Waals surface area contributed by atoms with E-state index in [1.165, 1.54) is 9.13 Å². The third-order valence-electron chi connectivity index (χ3n) is 5.45. The number of hydrogen-bond donors (Lipinski definition) is 2. The number of benzene rings is 1. The third kappa shape index (κ3) is 2.69. The molecule has 0 unspecified atom stereocenters. The van der Waals surface area contributed by atoms with E-state index in [0.717, 1.165) is 16.6 Å². The lowest BCUT2D eigenvalue weighted by Crippen LogP contribution is -2.51. The molecule has 1 aliphatic heterocycles. The first-order valence-corrected chi connectivity index (χ1v) is 9.57. The van der Waals surface area contributed by atoms with Crippen LogP contribution in [0.1, 0.15) is 5.69 Å². The van der Waals surface area contributed by atoms with E-state index in [2.05, 4.69) is 9.97 Å². The second-order valence-electron chi connectivity index (χ2n) is 7.46. The molecular weight excluding hydrogens is 396 g/mol. The number of β-amino-alcohol motifs (C(OH)–C–C–N with tert-alkyl or cyclic N) is 1. The summed E-state index contributed by atoms with van der Waals surface area (Å²) in [7, 11) is 3.35. The van der Waals surface area contributed by atoms with Crippen molar-refractivity contribution in [3.63, 3.8) is 0 Å². The van der Waals surface area contributed by atoms with Crippen LogP contribution in [0.25, 0.3) is 22.1 Å². The van der Waals surface area contributed by atoms with Crippen LogP contribution in [0.15, 0.2) is 33.9 Å². The monoisotopic (exact) mass is 414 g/mol. The van der Waals surface area contributed by atoms with Gasteiger partial charge in [-0.2, -0.15) is 4.98 Å². The highest BCUT2D eigenvalue weighted by atomic mass is 35.5. The summed E-state index contributed by atoms with van der Waals surface area (Å²) in [5.41, 5.74) is 1.46. The summed E-state index contributed by atoms with van der Waals surface area (Å²) in [6.45, 7) is 1.02. The van der Waals surface area contributed by atoms with Gasteiger partial charge < -0.3 is 19.6 Å². The van der Waals surface area contributed by atoms with E-state index in [4.69, 9.17) is 11.6 Å². The van der Waals surface area contributed by atoms with Crippen molar-refractivity contribution < 1.29 is 5.11 Å². The van der Waals surface area contributed by atoms with Crippen LogP contribution in [0.2, 0.25) is 5.02 Å². The van der Waals surface area contributed by atoms with Gasteiger partial charge >= 0.3 is 5.69 Å². The highest BCUT2D eigenvalue weighted by Crippen LogP contribution is 2.23. The number of nitrogens with one attached hydrogen (secondary N) is 1. The number of hydrogen-bond acceptors (Lipinski definition) is 5. The van der Waals surface area contributed by atoms with Crippen molar-refractivity contribution in [3.05, 3.63) is 55.8 Å². The first-order chi connectivity index (χ1) is 13.8. The largest absolute Gasteiger partial charge is 0.389 e. The molecule has 4 heterocycles. The fraction of sp³-hybridized carbons (Fsp3) is 0.316. The summed E-state index contributed by atoms with van der Waals surface area (Å²) in [5, 5.41) is 11.1. The van der Waals surface area contributed by atoms with Gasteiger partial charge in [0.25, 0.3) is 5.56 Å². The molecule has 0 radical (unpaired) electrons. The Kier molecular flexibility index (Phi) is 3.87. The van der Waals surface area contributed by atoms with Gasteiger partial charge in [0.15, 0.2) is 11.2 Å². The standard InChI is InChI=1S/C19H19ClN6O3/c1-23-15-16(22-18(23)25-8-13(27)9-25)24(2)19(29)26(17(15)28)7-12-6-10-5-11(20)3-4-14(10)21-12/h3-6,13,21,27H,7-9H2,1-2H3. The van der Waals surface area contributed by atoms with Gasteiger partial charge in [-0.15, -0.1) is 0 Å². The van der Waals surface area contributed by atoms with Crippen molar-refractivity contribution in [1.29, 1.82) is 0 Å². The van der Waals surface area contributed by atoms with Crippen molar-refractivity contribution >= 4 is 39.6 Å². The number of rotatable bonds is 3. The Hall–Kier alpha value is -3.04. The minimum absolute atomic E-state index is 0.108. The van der Waals surface area contributed by atoms with E-state index in [0.29, 0.717) is 35.2 Å². The number of halogens is 1. The normalized spacial score (nSPS) is 14.8. The number of fused-ring (bicyclic) bond motifs is 2. The van der Waals surface area contributed by atoms with E-state index in [9.17, 15) is 14.7 Å². The molecule has 0 spiro atoms. The molecule has 5 rings (SSSR count). The number of nitrogens with zero attached hydrogens (tertiary/aromatic N) is 5. The van der Waals surface area contributed by atoms with E-state index in [-0.39, 0.29) is 6.54 Å². The molecule has 0 saturated carbocycles. The topological polar surface area (TPSA) is 101 Å². The molecule has 0 bridgehead atoms. The van der Waals surface area contributed by atoms with Crippen molar-refractivity contribution in [2.45, 2.75) is 12.6 Å². The van der Waals surface area contributed by atoms with Crippen LogP contribution in [0.5, 0.6) is 0 Å². The number of anilines is 1. The molecule has 150 valence electrons. The molecule has 1 aromatic carbocycles. The number of imidazole rings is 1. The Morgan fingerprint density at radius 3 is 2.69 bits per heavy atom. The van der Waals surface area contributed by atoms with Gasteiger partial charge in [0, 0.05) is 48.8 Å². The second-order valence-corrected chi connectivity index (χ2v) is 7.90. The van der Waals surface area contributed by atoms with Gasteiger partial charge in [-0.25, -0.2) is 4.79 Å². The van der Waals surface area contributed by atoms with E-state index in [1.807, 2.05) is 23.1 Å². The van der Waals surface area contributed by atoms with Crippen molar-refractivity contribution in [3.8, 4) is 0 Å². The number of H-pyrrole nitrogens is 1. The fourth-order valence-corrected chi connectivity index (χ4v) is 4.07. The Morgan fingerprint density at radius 2 is 1.97 bits per heavy atom. The fourth-order valence-electron chi connectivity index (χ4n) is 3.89.